The minimum absolute atomic E-state index is 0.0263. The molecule has 4 aromatic rings. The van der Waals surface area contributed by atoms with Crippen LogP contribution in [-0.4, -0.2) is 27.7 Å². The molecule has 0 spiro atoms. The normalized spacial score (nSPS) is 11.5. The highest BCUT2D eigenvalue weighted by molar-refractivity contribution is 7.93. The lowest BCUT2D eigenvalue weighted by molar-refractivity contribution is 0.102. The Balaban J connectivity index is 1.48. The van der Waals surface area contributed by atoms with Crippen molar-refractivity contribution in [3.8, 4) is 0 Å². The number of aromatic nitrogens is 1. The van der Waals surface area contributed by atoms with Crippen LogP contribution in [0.2, 0.25) is 5.02 Å². The highest BCUT2D eigenvalue weighted by Crippen LogP contribution is 2.25. The maximum atomic E-state index is 12.8. The molecule has 1 heterocycles. The van der Waals surface area contributed by atoms with E-state index in [1.54, 1.807) is 30.3 Å². The Labute approximate surface area is 213 Å². The zero-order valence-corrected chi connectivity index (χ0v) is 20.8. The summed E-state index contributed by atoms with van der Waals surface area (Å²) in [5.41, 5.74) is 0.483. The van der Waals surface area contributed by atoms with Gasteiger partial charge in [-0.3, -0.25) is 14.2 Å². The predicted octanol–water partition coefficient (Wildman–Crippen LogP) is 4.59. The number of sulfonamides is 2. The number of carbonyl (C=O) groups is 1. The molecule has 36 heavy (non-hydrogen) atoms. The van der Waals surface area contributed by atoms with Gasteiger partial charge in [0.15, 0.2) is 0 Å². The van der Waals surface area contributed by atoms with Gasteiger partial charge in [-0.15, -0.1) is 0 Å². The first-order valence-corrected chi connectivity index (χ1v) is 13.7. The van der Waals surface area contributed by atoms with E-state index < -0.39 is 26.0 Å². The van der Waals surface area contributed by atoms with Crippen molar-refractivity contribution in [1.29, 1.82) is 0 Å². The van der Waals surface area contributed by atoms with E-state index in [-0.39, 0.29) is 31.9 Å². The summed E-state index contributed by atoms with van der Waals surface area (Å²) < 4.78 is 55.0. The molecule has 0 atom stereocenters. The summed E-state index contributed by atoms with van der Waals surface area (Å²) in [6.45, 7) is 0. The fourth-order valence-electron chi connectivity index (χ4n) is 3.11. The van der Waals surface area contributed by atoms with Crippen molar-refractivity contribution < 1.29 is 21.6 Å². The van der Waals surface area contributed by atoms with E-state index in [4.69, 9.17) is 11.6 Å². The number of amides is 1. The molecule has 0 saturated heterocycles. The quantitative estimate of drug-likeness (QED) is 0.298. The van der Waals surface area contributed by atoms with Crippen molar-refractivity contribution in [3.05, 3.63) is 108 Å². The van der Waals surface area contributed by atoms with E-state index in [1.165, 1.54) is 66.9 Å². The molecule has 12 heteroatoms. The van der Waals surface area contributed by atoms with Gasteiger partial charge in [-0.1, -0.05) is 35.9 Å². The van der Waals surface area contributed by atoms with Crippen LogP contribution in [-0.2, 0) is 20.0 Å². The molecule has 0 fully saturated rings. The number of anilines is 3. The second kappa shape index (κ2) is 10.4. The third-order valence-electron chi connectivity index (χ3n) is 4.84. The molecule has 1 aromatic heterocycles. The largest absolute Gasteiger partial charge is 0.322 e. The third-order valence-corrected chi connectivity index (χ3v) is 7.94. The zero-order chi connectivity index (χ0) is 25.8. The van der Waals surface area contributed by atoms with Crippen LogP contribution in [0, 0.1) is 0 Å². The Kier molecular flexibility index (Phi) is 7.25. The molecule has 4 rings (SSSR count). The van der Waals surface area contributed by atoms with Gasteiger partial charge in [0.05, 0.1) is 20.4 Å². The molecule has 0 radical (unpaired) electrons. The fourth-order valence-corrected chi connectivity index (χ4v) is 5.39. The number of rotatable bonds is 8. The Morgan fingerprint density at radius 1 is 0.694 bits per heavy atom. The molecule has 0 bridgehead atoms. The van der Waals surface area contributed by atoms with E-state index in [1.807, 2.05) is 0 Å². The SMILES string of the molecule is O=C(Nc1ccc(S(=O)(=O)Nc2ccccn2)cc1)c1cc(NS(=O)(=O)c2ccccc2)ccc1Cl. The first kappa shape index (κ1) is 25.2. The first-order valence-electron chi connectivity index (χ1n) is 10.4. The number of nitrogens with zero attached hydrogens (tertiary/aromatic N) is 1. The predicted molar refractivity (Wildman–Crippen MR) is 138 cm³/mol. The smallest absolute Gasteiger partial charge is 0.263 e. The monoisotopic (exact) mass is 542 g/mol. The molecular formula is C24H19ClN4O5S2. The summed E-state index contributed by atoms with van der Waals surface area (Å²) in [7, 11) is -7.74. The zero-order valence-electron chi connectivity index (χ0n) is 18.4. The van der Waals surface area contributed by atoms with Crippen molar-refractivity contribution in [1.82, 2.24) is 4.98 Å². The summed E-state index contributed by atoms with van der Waals surface area (Å²) >= 11 is 6.18. The minimum Gasteiger partial charge on any atom is -0.322 e. The van der Waals surface area contributed by atoms with Crippen molar-refractivity contribution in [2.45, 2.75) is 9.79 Å². The molecule has 0 aliphatic heterocycles. The topological polar surface area (TPSA) is 134 Å². The number of benzene rings is 3. The van der Waals surface area contributed by atoms with Crippen molar-refractivity contribution >= 4 is 54.7 Å². The lowest BCUT2D eigenvalue weighted by Gasteiger charge is -2.12. The average Bonchev–Trinajstić information content (AvgIpc) is 2.86. The van der Waals surface area contributed by atoms with Gasteiger partial charge in [0.1, 0.15) is 5.82 Å². The Morgan fingerprint density at radius 2 is 1.31 bits per heavy atom. The molecular weight excluding hydrogens is 524 g/mol. The van der Waals surface area contributed by atoms with E-state index >= 15 is 0 Å². The second-order valence-electron chi connectivity index (χ2n) is 7.41. The minimum atomic E-state index is -3.87. The van der Waals surface area contributed by atoms with Gasteiger partial charge in [0.2, 0.25) is 0 Å². The van der Waals surface area contributed by atoms with E-state index in [0.29, 0.717) is 5.69 Å². The molecule has 0 saturated carbocycles. The highest BCUT2D eigenvalue weighted by atomic mass is 35.5. The van der Waals surface area contributed by atoms with Crippen molar-refractivity contribution in [2.75, 3.05) is 14.8 Å². The van der Waals surface area contributed by atoms with E-state index in [0.717, 1.165) is 0 Å². The van der Waals surface area contributed by atoms with Crippen LogP contribution in [0.25, 0.3) is 0 Å². The van der Waals surface area contributed by atoms with Crippen molar-refractivity contribution in [2.24, 2.45) is 0 Å². The molecule has 1 amide bonds. The third kappa shape index (κ3) is 6.00. The molecule has 9 nitrogen and oxygen atoms in total. The Bertz CT molecular complexity index is 1600. The molecule has 0 aliphatic rings. The summed E-state index contributed by atoms with van der Waals surface area (Å²) in [5, 5.41) is 2.73. The molecule has 3 aromatic carbocycles. The van der Waals surface area contributed by atoms with E-state index in [2.05, 4.69) is 19.7 Å². The molecule has 3 N–H and O–H groups in total. The average molecular weight is 543 g/mol. The van der Waals surface area contributed by atoms with Crippen LogP contribution in [0.3, 0.4) is 0 Å². The fraction of sp³-hybridized carbons (Fsp3) is 0. The van der Waals surface area contributed by atoms with Gasteiger partial charge >= 0.3 is 0 Å². The Morgan fingerprint density at radius 3 is 1.97 bits per heavy atom. The second-order valence-corrected chi connectivity index (χ2v) is 11.2. The standard InChI is InChI=1S/C24H19ClN4O5S2/c25-22-14-11-18(28-35(31,32)19-6-2-1-3-7-19)16-21(22)24(30)27-17-9-12-20(13-10-17)36(33,34)29-23-8-4-5-15-26-23/h1-16,28H,(H,26,29)(H,27,30). The van der Waals surface area contributed by atoms with Gasteiger partial charge in [0.25, 0.3) is 26.0 Å². The van der Waals surface area contributed by atoms with Gasteiger partial charge in [-0.2, -0.15) is 0 Å². The molecule has 0 unspecified atom stereocenters. The van der Waals surface area contributed by atoms with Crippen LogP contribution in [0.5, 0.6) is 0 Å². The first-order chi connectivity index (χ1) is 17.1. The van der Waals surface area contributed by atoms with Gasteiger partial charge in [0, 0.05) is 17.6 Å². The Hall–Kier alpha value is -3.93. The summed E-state index contributed by atoms with van der Waals surface area (Å²) in [6, 6.07) is 22.3. The molecule has 0 aliphatic carbocycles. The van der Waals surface area contributed by atoms with Crippen LogP contribution in [0.1, 0.15) is 10.4 Å². The summed E-state index contributed by atoms with van der Waals surface area (Å²) in [6.07, 6.45) is 1.46. The van der Waals surface area contributed by atoms with Gasteiger partial charge in [-0.05, 0) is 66.7 Å². The number of hydrogen-bond acceptors (Lipinski definition) is 6. The van der Waals surface area contributed by atoms with Crippen LogP contribution >= 0.6 is 11.6 Å². The summed E-state index contributed by atoms with van der Waals surface area (Å²) in [5.74, 6) is -0.435. The lowest BCUT2D eigenvalue weighted by atomic mass is 10.2. The number of nitrogens with one attached hydrogen (secondary N) is 3. The maximum absolute atomic E-state index is 12.8. The van der Waals surface area contributed by atoms with Gasteiger partial charge < -0.3 is 5.32 Å². The van der Waals surface area contributed by atoms with Crippen LogP contribution in [0.15, 0.2) is 107 Å². The van der Waals surface area contributed by atoms with E-state index in [9.17, 15) is 21.6 Å². The van der Waals surface area contributed by atoms with Gasteiger partial charge in [-0.25, -0.2) is 21.8 Å². The number of halogens is 1. The lowest BCUT2D eigenvalue weighted by Crippen LogP contribution is -2.16. The number of pyridine rings is 1. The number of carbonyl (C=O) groups excluding carboxylic acids is 1. The van der Waals surface area contributed by atoms with Crippen LogP contribution in [0.4, 0.5) is 17.2 Å². The van der Waals surface area contributed by atoms with Crippen LogP contribution < -0.4 is 14.8 Å². The van der Waals surface area contributed by atoms with Crippen molar-refractivity contribution in [3.63, 3.8) is 0 Å². The highest BCUT2D eigenvalue weighted by Gasteiger charge is 2.18. The number of hydrogen-bond donors (Lipinski definition) is 3. The maximum Gasteiger partial charge on any atom is 0.263 e. The molecule has 184 valence electrons. The summed E-state index contributed by atoms with van der Waals surface area (Å²) in [4.78, 5) is 16.8.